The summed E-state index contributed by atoms with van der Waals surface area (Å²) in [4.78, 5) is 34.2. The highest BCUT2D eigenvalue weighted by atomic mass is 16.5. The molecule has 18 heavy (non-hydrogen) atoms. The summed E-state index contributed by atoms with van der Waals surface area (Å²) in [5.74, 6) is -1.23. The van der Waals surface area contributed by atoms with Crippen molar-refractivity contribution in [3.8, 4) is 0 Å². The zero-order valence-electron chi connectivity index (χ0n) is 10.3. The van der Waals surface area contributed by atoms with E-state index in [9.17, 15) is 14.4 Å². The largest absolute Gasteiger partial charge is 0.469 e. The molecule has 0 spiro atoms. The van der Waals surface area contributed by atoms with Gasteiger partial charge in [0.2, 0.25) is 0 Å². The molecule has 0 aromatic carbocycles. The van der Waals surface area contributed by atoms with Gasteiger partial charge in [-0.2, -0.15) is 0 Å². The lowest BCUT2D eigenvalue weighted by atomic mass is 10.3. The van der Waals surface area contributed by atoms with E-state index in [0.717, 1.165) is 4.57 Å². The summed E-state index contributed by atoms with van der Waals surface area (Å²) in [5.41, 5.74) is 0.275. The van der Waals surface area contributed by atoms with Gasteiger partial charge in [0.1, 0.15) is 5.69 Å². The molecule has 7 nitrogen and oxygen atoms in total. The van der Waals surface area contributed by atoms with Crippen LogP contribution in [0.4, 0.5) is 4.79 Å². The van der Waals surface area contributed by atoms with E-state index in [1.54, 1.807) is 0 Å². The number of carbonyl (C=O) groups excluding carboxylic acids is 3. The van der Waals surface area contributed by atoms with Gasteiger partial charge in [-0.15, -0.1) is 0 Å². The Kier molecular flexibility index (Phi) is 4.47. The fraction of sp³-hybridized carbons (Fsp3) is 0.364. The third-order valence-electron chi connectivity index (χ3n) is 2.27. The first kappa shape index (κ1) is 13.8. The van der Waals surface area contributed by atoms with Crippen LogP contribution in [-0.2, 0) is 25.4 Å². The van der Waals surface area contributed by atoms with Crippen LogP contribution in [0.5, 0.6) is 0 Å². The minimum atomic E-state index is -0.778. The Hall–Kier alpha value is -2.31. The average molecular weight is 255 g/mol. The second kappa shape index (κ2) is 5.85. The fourth-order valence-corrected chi connectivity index (χ4v) is 1.41. The zero-order chi connectivity index (χ0) is 13.7. The molecule has 0 saturated carbocycles. The molecule has 0 fully saturated rings. The van der Waals surface area contributed by atoms with Crippen molar-refractivity contribution in [2.45, 2.75) is 6.42 Å². The van der Waals surface area contributed by atoms with E-state index >= 15 is 0 Å². The molecule has 0 bridgehead atoms. The number of nitrogens with zero attached hydrogens (tertiary/aromatic N) is 1. The van der Waals surface area contributed by atoms with Crippen molar-refractivity contribution in [2.24, 2.45) is 0 Å². The van der Waals surface area contributed by atoms with Crippen LogP contribution in [0.15, 0.2) is 12.1 Å². The molecule has 1 rings (SSSR count). The molecule has 0 N–H and O–H groups in total. The van der Waals surface area contributed by atoms with Crippen molar-refractivity contribution < 1.29 is 28.6 Å². The number of methoxy groups -OCH3 is 3. The van der Waals surface area contributed by atoms with Crippen molar-refractivity contribution in [3.63, 3.8) is 0 Å². The van der Waals surface area contributed by atoms with Crippen LogP contribution >= 0.6 is 0 Å². The number of esters is 2. The smallest absolute Gasteiger partial charge is 0.418 e. The predicted octanol–water partition coefficient (Wildman–Crippen LogP) is 0.605. The summed E-state index contributed by atoms with van der Waals surface area (Å²) in [6.07, 6.45) is -0.929. The molecule has 1 heterocycles. The lowest BCUT2D eigenvalue weighted by Gasteiger charge is -2.08. The van der Waals surface area contributed by atoms with Crippen LogP contribution in [0.2, 0.25) is 0 Å². The van der Waals surface area contributed by atoms with Gasteiger partial charge in [0.05, 0.1) is 27.8 Å². The van der Waals surface area contributed by atoms with Gasteiger partial charge in [-0.05, 0) is 12.1 Å². The van der Waals surface area contributed by atoms with E-state index in [4.69, 9.17) is 0 Å². The second-order valence-corrected chi connectivity index (χ2v) is 3.26. The normalized spacial score (nSPS) is 9.72. The van der Waals surface area contributed by atoms with Gasteiger partial charge < -0.3 is 14.2 Å². The Morgan fingerprint density at radius 2 is 1.72 bits per heavy atom. The van der Waals surface area contributed by atoms with E-state index in [1.165, 1.54) is 33.5 Å². The van der Waals surface area contributed by atoms with Gasteiger partial charge in [0.15, 0.2) is 0 Å². The number of aromatic nitrogens is 1. The maximum atomic E-state index is 11.6. The number of rotatable bonds is 3. The second-order valence-electron chi connectivity index (χ2n) is 3.26. The molecule has 0 unspecified atom stereocenters. The fourth-order valence-electron chi connectivity index (χ4n) is 1.41. The molecule has 98 valence electrons. The molecule has 0 saturated heterocycles. The van der Waals surface area contributed by atoms with Crippen molar-refractivity contribution in [2.75, 3.05) is 21.3 Å². The maximum absolute atomic E-state index is 11.6. The summed E-state index contributed by atoms with van der Waals surface area (Å²) in [6.45, 7) is 0. The highest BCUT2D eigenvalue weighted by Gasteiger charge is 2.22. The molecule has 0 aliphatic carbocycles. The quantitative estimate of drug-likeness (QED) is 0.581. The molecule has 1 aromatic rings. The maximum Gasteiger partial charge on any atom is 0.418 e. The SMILES string of the molecule is COC(=O)Cc1ccc(C(=O)OC)n1C(=O)OC. The molecule has 0 aliphatic heterocycles. The average Bonchev–Trinajstić information content (AvgIpc) is 2.80. The van der Waals surface area contributed by atoms with E-state index in [1.807, 2.05) is 0 Å². The third-order valence-corrected chi connectivity index (χ3v) is 2.27. The van der Waals surface area contributed by atoms with E-state index < -0.39 is 18.0 Å². The molecule has 0 radical (unpaired) electrons. The summed E-state index contributed by atoms with van der Waals surface area (Å²) in [7, 11) is 3.59. The van der Waals surface area contributed by atoms with Crippen LogP contribution in [0.1, 0.15) is 16.2 Å². The molecule has 1 aromatic heterocycles. The molecule has 7 heteroatoms. The van der Waals surface area contributed by atoms with Crippen LogP contribution < -0.4 is 0 Å². The Bertz CT molecular complexity index is 476. The van der Waals surface area contributed by atoms with Crippen LogP contribution in [0, 0.1) is 0 Å². The van der Waals surface area contributed by atoms with E-state index in [-0.39, 0.29) is 17.8 Å². The molecular weight excluding hydrogens is 242 g/mol. The van der Waals surface area contributed by atoms with Crippen LogP contribution in [-0.4, -0.2) is 43.9 Å². The van der Waals surface area contributed by atoms with E-state index in [2.05, 4.69) is 14.2 Å². The Morgan fingerprint density at radius 1 is 1.06 bits per heavy atom. The summed E-state index contributed by atoms with van der Waals surface area (Å²) < 4.78 is 14.6. The molecule has 0 amide bonds. The first-order chi connectivity index (χ1) is 8.54. The predicted molar refractivity (Wildman–Crippen MR) is 59.3 cm³/mol. The summed E-state index contributed by atoms with van der Waals surface area (Å²) >= 11 is 0. The van der Waals surface area contributed by atoms with E-state index in [0.29, 0.717) is 0 Å². The first-order valence-electron chi connectivity index (χ1n) is 4.99. The minimum absolute atomic E-state index is 0.0109. The number of hydrogen-bond acceptors (Lipinski definition) is 6. The van der Waals surface area contributed by atoms with Gasteiger partial charge in [-0.3, -0.25) is 4.79 Å². The van der Waals surface area contributed by atoms with Crippen molar-refractivity contribution >= 4 is 18.0 Å². The van der Waals surface area contributed by atoms with Gasteiger partial charge in [0.25, 0.3) is 0 Å². The Labute approximate surface area is 103 Å². The highest BCUT2D eigenvalue weighted by molar-refractivity contribution is 5.93. The van der Waals surface area contributed by atoms with Crippen molar-refractivity contribution in [3.05, 3.63) is 23.5 Å². The number of carbonyl (C=O) groups is 3. The molecular formula is C11H13NO6. The topological polar surface area (TPSA) is 83.8 Å². The lowest BCUT2D eigenvalue weighted by Crippen LogP contribution is -2.22. The van der Waals surface area contributed by atoms with Gasteiger partial charge in [0, 0.05) is 5.69 Å². The zero-order valence-corrected chi connectivity index (χ0v) is 10.3. The number of hydrogen-bond donors (Lipinski definition) is 0. The van der Waals surface area contributed by atoms with Crippen LogP contribution in [0.25, 0.3) is 0 Å². The van der Waals surface area contributed by atoms with Gasteiger partial charge in [-0.1, -0.05) is 0 Å². The standard InChI is InChI=1S/C11H13NO6/c1-16-9(13)6-7-4-5-8(10(14)17-2)12(7)11(15)18-3/h4-5H,6H2,1-3H3. The summed E-state index contributed by atoms with van der Waals surface area (Å²) in [6, 6.07) is 2.83. The monoisotopic (exact) mass is 255 g/mol. The van der Waals surface area contributed by atoms with Crippen molar-refractivity contribution in [1.82, 2.24) is 4.57 Å². The molecule has 0 atom stereocenters. The molecule has 0 aliphatic rings. The first-order valence-corrected chi connectivity index (χ1v) is 4.99. The Morgan fingerprint density at radius 3 is 2.22 bits per heavy atom. The lowest BCUT2D eigenvalue weighted by molar-refractivity contribution is -0.139. The summed E-state index contributed by atoms with van der Waals surface area (Å²) in [5, 5.41) is 0. The van der Waals surface area contributed by atoms with Crippen LogP contribution in [0.3, 0.4) is 0 Å². The van der Waals surface area contributed by atoms with Gasteiger partial charge in [-0.25, -0.2) is 14.2 Å². The minimum Gasteiger partial charge on any atom is -0.469 e. The Balaban J connectivity index is 3.19. The van der Waals surface area contributed by atoms with Gasteiger partial charge >= 0.3 is 18.0 Å². The highest BCUT2D eigenvalue weighted by Crippen LogP contribution is 2.12. The van der Waals surface area contributed by atoms with Crippen molar-refractivity contribution in [1.29, 1.82) is 0 Å². The third kappa shape index (κ3) is 2.68. The number of ether oxygens (including phenoxy) is 3.